The molecule has 0 saturated carbocycles. The van der Waals surface area contributed by atoms with Crippen LogP contribution in [0.1, 0.15) is 41.2 Å². The lowest BCUT2D eigenvalue weighted by atomic mass is 10.1. The molecule has 0 aliphatic rings. The van der Waals surface area contributed by atoms with Crippen LogP contribution in [0.3, 0.4) is 0 Å². The van der Waals surface area contributed by atoms with Gasteiger partial charge in [0.25, 0.3) is 11.8 Å². The van der Waals surface area contributed by atoms with Crippen molar-refractivity contribution in [2.24, 2.45) is 0 Å². The van der Waals surface area contributed by atoms with Crippen LogP contribution in [-0.2, 0) is 9.53 Å². The maximum absolute atomic E-state index is 12.3. The minimum atomic E-state index is -0.937. The highest BCUT2D eigenvalue weighted by atomic mass is 16.5. The van der Waals surface area contributed by atoms with Crippen molar-refractivity contribution in [3.63, 3.8) is 0 Å². The maximum atomic E-state index is 12.3. The van der Waals surface area contributed by atoms with Crippen LogP contribution in [-0.4, -0.2) is 30.4 Å². The molecule has 2 amide bonds. The first-order valence-electron chi connectivity index (χ1n) is 7.95. The summed E-state index contributed by atoms with van der Waals surface area (Å²) in [5.74, 6) is -1.43. The zero-order chi connectivity index (χ0) is 18.2. The van der Waals surface area contributed by atoms with Crippen molar-refractivity contribution >= 4 is 23.5 Å². The fraction of sp³-hybridized carbons (Fsp3) is 0.278. The van der Waals surface area contributed by atoms with Crippen molar-refractivity contribution in [1.29, 1.82) is 0 Å². The molecule has 0 saturated heterocycles. The number of carbonyl (C=O) groups excluding carboxylic acids is 3. The lowest BCUT2D eigenvalue weighted by molar-refractivity contribution is -0.129. The molecule has 1 aromatic carbocycles. The van der Waals surface area contributed by atoms with E-state index in [1.807, 2.05) is 6.92 Å². The van der Waals surface area contributed by atoms with E-state index in [1.165, 1.54) is 25.3 Å². The van der Waals surface area contributed by atoms with Gasteiger partial charge in [0, 0.05) is 6.54 Å². The monoisotopic (exact) mass is 344 g/mol. The Morgan fingerprint density at radius 1 is 1.16 bits per heavy atom. The zero-order valence-electron chi connectivity index (χ0n) is 14.1. The van der Waals surface area contributed by atoms with E-state index in [0.29, 0.717) is 6.54 Å². The summed E-state index contributed by atoms with van der Waals surface area (Å²) in [6.45, 7) is 3.93. The van der Waals surface area contributed by atoms with Gasteiger partial charge >= 0.3 is 5.97 Å². The van der Waals surface area contributed by atoms with Crippen LogP contribution in [0, 0.1) is 0 Å². The average molecular weight is 344 g/mol. The van der Waals surface area contributed by atoms with E-state index in [2.05, 4.69) is 10.6 Å². The van der Waals surface area contributed by atoms with Gasteiger partial charge in [0.15, 0.2) is 11.9 Å². The second kappa shape index (κ2) is 8.68. The number of carbonyl (C=O) groups is 3. The predicted molar refractivity (Wildman–Crippen MR) is 91.3 cm³/mol. The highest BCUT2D eigenvalue weighted by Crippen LogP contribution is 2.18. The van der Waals surface area contributed by atoms with Gasteiger partial charge in [-0.2, -0.15) is 0 Å². The molecular formula is C18H20N2O5. The van der Waals surface area contributed by atoms with Gasteiger partial charge in [-0.25, -0.2) is 4.79 Å². The molecule has 2 N–H and O–H groups in total. The fourth-order valence-corrected chi connectivity index (χ4v) is 2.03. The molecule has 0 radical (unpaired) electrons. The van der Waals surface area contributed by atoms with Crippen molar-refractivity contribution in [3.05, 3.63) is 54.0 Å². The van der Waals surface area contributed by atoms with Gasteiger partial charge in [-0.05, 0) is 37.6 Å². The standard InChI is InChI=1S/C18H20N2O5/c1-3-10-19-16(21)12(2)25-18(23)13-7-4-5-8-14(13)20-17(22)15-9-6-11-24-15/h4-9,11-12H,3,10H2,1-2H3,(H,19,21)(H,20,22)/t12-/m1/s1. The van der Waals surface area contributed by atoms with Crippen LogP contribution >= 0.6 is 0 Å². The van der Waals surface area contributed by atoms with Crippen molar-refractivity contribution in [3.8, 4) is 0 Å². The van der Waals surface area contributed by atoms with Crippen LogP contribution in [0.25, 0.3) is 0 Å². The number of benzene rings is 1. The number of ether oxygens (including phenoxy) is 1. The number of amides is 2. The van der Waals surface area contributed by atoms with Crippen LogP contribution < -0.4 is 10.6 Å². The van der Waals surface area contributed by atoms with E-state index in [-0.39, 0.29) is 22.9 Å². The Bertz CT molecular complexity index is 740. The third-order valence-electron chi connectivity index (χ3n) is 3.34. The number of esters is 1. The molecule has 7 heteroatoms. The summed E-state index contributed by atoms with van der Waals surface area (Å²) in [7, 11) is 0. The molecule has 1 heterocycles. The molecule has 1 atom stereocenters. The molecule has 0 aliphatic heterocycles. The molecule has 7 nitrogen and oxygen atoms in total. The first-order valence-corrected chi connectivity index (χ1v) is 7.95. The van der Waals surface area contributed by atoms with Crippen molar-refractivity contribution in [2.45, 2.75) is 26.4 Å². The quantitative estimate of drug-likeness (QED) is 0.753. The first kappa shape index (κ1) is 18.3. The molecule has 0 bridgehead atoms. The normalized spacial score (nSPS) is 11.4. The van der Waals surface area contributed by atoms with Crippen LogP contribution in [0.15, 0.2) is 47.1 Å². The van der Waals surface area contributed by atoms with E-state index in [0.717, 1.165) is 6.42 Å². The molecule has 0 unspecified atom stereocenters. The molecular weight excluding hydrogens is 324 g/mol. The Morgan fingerprint density at radius 3 is 2.60 bits per heavy atom. The van der Waals surface area contributed by atoms with Gasteiger partial charge in [-0.3, -0.25) is 9.59 Å². The number of rotatable bonds is 7. The first-order chi connectivity index (χ1) is 12.0. The molecule has 0 aliphatic carbocycles. The summed E-state index contributed by atoms with van der Waals surface area (Å²) in [5.41, 5.74) is 0.424. The molecule has 132 valence electrons. The van der Waals surface area contributed by atoms with Gasteiger partial charge in [-0.15, -0.1) is 0 Å². The van der Waals surface area contributed by atoms with Crippen molar-refractivity contribution in [1.82, 2.24) is 5.32 Å². The smallest absolute Gasteiger partial charge is 0.341 e. The second-order valence-electron chi connectivity index (χ2n) is 5.32. The second-order valence-corrected chi connectivity index (χ2v) is 5.32. The van der Waals surface area contributed by atoms with Gasteiger partial charge < -0.3 is 19.8 Å². The molecule has 0 fully saturated rings. The van der Waals surface area contributed by atoms with Gasteiger partial charge in [0.2, 0.25) is 0 Å². The Labute approximate surface area is 145 Å². The maximum Gasteiger partial charge on any atom is 0.341 e. The number of para-hydroxylation sites is 1. The summed E-state index contributed by atoms with van der Waals surface area (Å²) in [4.78, 5) is 36.2. The SMILES string of the molecule is CCCNC(=O)[C@@H](C)OC(=O)c1ccccc1NC(=O)c1ccco1. The molecule has 2 aromatic rings. The van der Waals surface area contributed by atoms with Crippen LogP contribution in [0.5, 0.6) is 0 Å². The predicted octanol–water partition coefficient (Wildman–Crippen LogP) is 2.60. The minimum Gasteiger partial charge on any atom is -0.459 e. The summed E-state index contributed by atoms with van der Waals surface area (Å²) >= 11 is 0. The number of furan rings is 1. The lowest BCUT2D eigenvalue weighted by Crippen LogP contribution is -2.36. The van der Waals surface area contributed by atoms with Crippen molar-refractivity contribution < 1.29 is 23.5 Å². The molecule has 1 aromatic heterocycles. The zero-order valence-corrected chi connectivity index (χ0v) is 14.1. The summed E-state index contributed by atoms with van der Waals surface area (Å²) < 4.78 is 10.2. The number of anilines is 1. The van der Waals surface area contributed by atoms with Crippen LogP contribution in [0.4, 0.5) is 5.69 Å². The van der Waals surface area contributed by atoms with E-state index < -0.39 is 18.0 Å². The summed E-state index contributed by atoms with van der Waals surface area (Å²) in [5, 5.41) is 5.25. The molecule has 25 heavy (non-hydrogen) atoms. The topological polar surface area (TPSA) is 97.6 Å². The number of hydrogen-bond acceptors (Lipinski definition) is 5. The van der Waals surface area contributed by atoms with Gasteiger partial charge in [0.1, 0.15) is 0 Å². The highest BCUT2D eigenvalue weighted by Gasteiger charge is 2.21. The Morgan fingerprint density at radius 2 is 1.92 bits per heavy atom. The number of nitrogens with one attached hydrogen (secondary N) is 2. The third kappa shape index (κ3) is 4.94. The largest absolute Gasteiger partial charge is 0.459 e. The third-order valence-corrected chi connectivity index (χ3v) is 3.34. The Balaban J connectivity index is 2.07. The van der Waals surface area contributed by atoms with E-state index in [4.69, 9.17) is 9.15 Å². The fourth-order valence-electron chi connectivity index (χ4n) is 2.03. The van der Waals surface area contributed by atoms with E-state index in [1.54, 1.807) is 24.3 Å². The molecule has 2 rings (SSSR count). The minimum absolute atomic E-state index is 0.121. The lowest BCUT2D eigenvalue weighted by Gasteiger charge is -2.15. The number of hydrogen-bond donors (Lipinski definition) is 2. The summed E-state index contributed by atoms with van der Waals surface area (Å²) in [6.07, 6.45) is 1.23. The average Bonchev–Trinajstić information content (AvgIpc) is 3.14. The molecule has 0 spiro atoms. The van der Waals surface area contributed by atoms with Crippen LogP contribution in [0.2, 0.25) is 0 Å². The van der Waals surface area contributed by atoms with Crippen molar-refractivity contribution in [2.75, 3.05) is 11.9 Å². The van der Waals surface area contributed by atoms with E-state index >= 15 is 0 Å². The highest BCUT2D eigenvalue weighted by molar-refractivity contribution is 6.06. The Hall–Kier alpha value is -3.09. The van der Waals surface area contributed by atoms with Gasteiger partial charge in [0.05, 0.1) is 17.5 Å². The van der Waals surface area contributed by atoms with Gasteiger partial charge in [-0.1, -0.05) is 19.1 Å². The Kier molecular flexibility index (Phi) is 6.33. The van der Waals surface area contributed by atoms with E-state index in [9.17, 15) is 14.4 Å². The summed E-state index contributed by atoms with van der Waals surface area (Å²) in [6, 6.07) is 9.49.